The van der Waals surface area contributed by atoms with E-state index in [1.165, 1.54) is 49.7 Å². The SMILES string of the molecule is CCCCCCCCc1ccccc1OC(CC)COC(=O)CCCC[N+](C)(C)Cc1ccccc1. The Morgan fingerprint density at radius 3 is 2.28 bits per heavy atom. The van der Waals surface area contributed by atoms with E-state index in [0.29, 0.717) is 13.0 Å². The Hall–Kier alpha value is -2.33. The van der Waals surface area contributed by atoms with Gasteiger partial charge in [-0.25, -0.2) is 0 Å². The highest BCUT2D eigenvalue weighted by Gasteiger charge is 2.17. The number of nitrogens with zero attached hydrogens (tertiary/aromatic N) is 1. The molecule has 0 aromatic heterocycles. The summed E-state index contributed by atoms with van der Waals surface area (Å²) < 4.78 is 12.8. The van der Waals surface area contributed by atoms with E-state index >= 15 is 0 Å². The molecule has 0 amide bonds. The van der Waals surface area contributed by atoms with Gasteiger partial charge in [0.1, 0.15) is 25.0 Å². The second-order valence-electron chi connectivity index (χ2n) is 10.7. The van der Waals surface area contributed by atoms with Crippen molar-refractivity contribution < 1.29 is 18.8 Å². The van der Waals surface area contributed by atoms with Crippen molar-refractivity contribution in [3.05, 3.63) is 65.7 Å². The molecule has 0 heterocycles. The van der Waals surface area contributed by atoms with Crippen molar-refractivity contribution in [2.75, 3.05) is 27.2 Å². The molecule has 0 N–H and O–H groups in total. The summed E-state index contributed by atoms with van der Waals surface area (Å²) in [5.41, 5.74) is 2.61. The zero-order valence-corrected chi connectivity index (χ0v) is 23.3. The lowest BCUT2D eigenvalue weighted by molar-refractivity contribution is -0.903. The number of carbonyl (C=O) groups excluding carboxylic acids is 1. The van der Waals surface area contributed by atoms with E-state index in [4.69, 9.17) is 9.47 Å². The van der Waals surface area contributed by atoms with Gasteiger partial charge in [-0.1, -0.05) is 94.5 Å². The summed E-state index contributed by atoms with van der Waals surface area (Å²) >= 11 is 0. The van der Waals surface area contributed by atoms with Gasteiger partial charge < -0.3 is 14.0 Å². The number of hydrogen-bond donors (Lipinski definition) is 0. The molecular weight excluding hydrogens is 446 g/mol. The van der Waals surface area contributed by atoms with Gasteiger partial charge in [0, 0.05) is 12.0 Å². The second-order valence-corrected chi connectivity index (χ2v) is 10.7. The Morgan fingerprint density at radius 2 is 1.53 bits per heavy atom. The molecule has 4 nitrogen and oxygen atoms in total. The Bertz CT molecular complexity index is 849. The number of unbranched alkanes of at least 4 members (excludes halogenated alkanes) is 6. The number of carbonyl (C=O) groups is 1. The van der Waals surface area contributed by atoms with Crippen molar-refractivity contribution in [2.45, 2.75) is 97.1 Å². The lowest BCUT2D eigenvalue weighted by Gasteiger charge is -2.30. The zero-order valence-electron chi connectivity index (χ0n) is 23.3. The standard InChI is InChI=1S/C32H50NO3/c1-5-7-8-9-10-14-21-29-22-15-16-23-31(29)36-30(6-2)27-35-32(34)24-17-18-25-33(3,4)26-28-19-12-11-13-20-28/h11-13,15-16,19-20,22-23,30H,5-10,14,17-18,21,24-27H2,1-4H3/q+1. The first kappa shape index (κ1) is 29.9. The highest BCUT2D eigenvalue weighted by molar-refractivity contribution is 5.69. The van der Waals surface area contributed by atoms with Crippen LogP contribution in [0.1, 0.15) is 89.2 Å². The van der Waals surface area contributed by atoms with Gasteiger partial charge in [0.15, 0.2) is 0 Å². The Labute approximate surface area is 220 Å². The average Bonchev–Trinajstić information content (AvgIpc) is 2.87. The van der Waals surface area contributed by atoms with Crippen LogP contribution in [0.4, 0.5) is 0 Å². The summed E-state index contributed by atoms with van der Waals surface area (Å²) in [7, 11) is 4.50. The first-order valence-corrected chi connectivity index (χ1v) is 14.2. The Kier molecular flexibility index (Phi) is 14.3. The normalized spacial score (nSPS) is 12.3. The molecular formula is C32H50NO3+. The van der Waals surface area contributed by atoms with E-state index in [9.17, 15) is 4.79 Å². The van der Waals surface area contributed by atoms with Gasteiger partial charge in [-0.05, 0) is 43.7 Å². The molecule has 0 aliphatic carbocycles. The molecule has 1 atom stereocenters. The van der Waals surface area contributed by atoms with E-state index in [1.807, 2.05) is 12.1 Å². The van der Waals surface area contributed by atoms with Crippen LogP contribution in [0.5, 0.6) is 5.75 Å². The number of quaternary nitrogens is 1. The van der Waals surface area contributed by atoms with E-state index in [1.54, 1.807) is 0 Å². The number of benzene rings is 2. The summed E-state index contributed by atoms with van der Waals surface area (Å²) in [5.74, 6) is 0.818. The monoisotopic (exact) mass is 496 g/mol. The number of ether oxygens (including phenoxy) is 2. The lowest BCUT2D eigenvalue weighted by atomic mass is 10.0. The summed E-state index contributed by atoms with van der Waals surface area (Å²) in [6.45, 7) is 6.69. The third kappa shape index (κ3) is 12.6. The minimum absolute atomic E-state index is 0.110. The van der Waals surface area contributed by atoms with Crippen LogP contribution in [-0.4, -0.2) is 43.8 Å². The number of esters is 1. The molecule has 0 spiro atoms. The summed E-state index contributed by atoms with van der Waals surface area (Å²) in [5, 5.41) is 0. The van der Waals surface area contributed by atoms with Crippen LogP contribution in [0, 0.1) is 0 Å². The first-order valence-electron chi connectivity index (χ1n) is 14.2. The van der Waals surface area contributed by atoms with Crippen LogP contribution in [0.2, 0.25) is 0 Å². The average molecular weight is 497 g/mol. The maximum absolute atomic E-state index is 12.4. The van der Waals surface area contributed by atoms with Crippen LogP contribution < -0.4 is 4.74 Å². The summed E-state index contributed by atoms with van der Waals surface area (Å²) in [6, 6.07) is 18.9. The molecule has 0 saturated carbocycles. The molecule has 36 heavy (non-hydrogen) atoms. The van der Waals surface area contributed by atoms with Crippen molar-refractivity contribution in [3.63, 3.8) is 0 Å². The topological polar surface area (TPSA) is 35.5 Å². The van der Waals surface area contributed by atoms with Gasteiger partial charge in [0.25, 0.3) is 0 Å². The molecule has 0 aliphatic heterocycles. The maximum Gasteiger partial charge on any atom is 0.305 e. The fraction of sp³-hybridized carbons (Fsp3) is 0.594. The van der Waals surface area contributed by atoms with Crippen molar-refractivity contribution >= 4 is 5.97 Å². The van der Waals surface area contributed by atoms with Crippen LogP contribution in [0.15, 0.2) is 54.6 Å². The third-order valence-electron chi connectivity index (χ3n) is 6.80. The Balaban J connectivity index is 1.68. The van der Waals surface area contributed by atoms with Gasteiger partial charge >= 0.3 is 5.97 Å². The molecule has 200 valence electrons. The summed E-state index contributed by atoms with van der Waals surface area (Å²) in [4.78, 5) is 12.4. The molecule has 0 fully saturated rings. The van der Waals surface area contributed by atoms with Gasteiger partial charge in [0.2, 0.25) is 0 Å². The number of rotatable bonds is 19. The predicted molar refractivity (Wildman–Crippen MR) is 150 cm³/mol. The number of aryl methyl sites for hydroxylation is 1. The van der Waals surface area contributed by atoms with Crippen molar-refractivity contribution in [1.82, 2.24) is 0 Å². The smallest absolute Gasteiger partial charge is 0.305 e. The first-order chi connectivity index (χ1) is 17.4. The number of para-hydroxylation sites is 1. The summed E-state index contributed by atoms with van der Waals surface area (Å²) in [6.07, 6.45) is 11.8. The van der Waals surface area contributed by atoms with Crippen LogP contribution in [-0.2, 0) is 22.5 Å². The van der Waals surface area contributed by atoms with E-state index in [2.05, 4.69) is 70.4 Å². The zero-order chi connectivity index (χ0) is 26.1. The quantitative estimate of drug-likeness (QED) is 0.113. The van der Waals surface area contributed by atoms with Crippen LogP contribution in [0.25, 0.3) is 0 Å². The predicted octanol–water partition coefficient (Wildman–Crippen LogP) is 7.74. The van der Waals surface area contributed by atoms with E-state index in [0.717, 1.165) is 49.0 Å². The Morgan fingerprint density at radius 1 is 0.833 bits per heavy atom. The highest BCUT2D eigenvalue weighted by atomic mass is 16.6. The molecule has 2 aromatic rings. The minimum Gasteiger partial charge on any atom is -0.487 e. The fourth-order valence-electron chi connectivity index (χ4n) is 4.56. The maximum atomic E-state index is 12.4. The van der Waals surface area contributed by atoms with Crippen LogP contribution in [0.3, 0.4) is 0 Å². The van der Waals surface area contributed by atoms with Gasteiger partial charge in [-0.15, -0.1) is 0 Å². The number of hydrogen-bond acceptors (Lipinski definition) is 3. The molecule has 2 aromatic carbocycles. The van der Waals surface area contributed by atoms with E-state index < -0.39 is 0 Å². The van der Waals surface area contributed by atoms with Crippen LogP contribution >= 0.6 is 0 Å². The highest BCUT2D eigenvalue weighted by Crippen LogP contribution is 2.23. The molecule has 4 heteroatoms. The van der Waals surface area contributed by atoms with Crippen molar-refractivity contribution in [2.24, 2.45) is 0 Å². The lowest BCUT2D eigenvalue weighted by Crippen LogP contribution is -2.39. The molecule has 0 saturated heterocycles. The fourth-order valence-corrected chi connectivity index (χ4v) is 4.56. The molecule has 0 radical (unpaired) electrons. The molecule has 0 bridgehead atoms. The largest absolute Gasteiger partial charge is 0.487 e. The van der Waals surface area contributed by atoms with Crippen molar-refractivity contribution in [3.8, 4) is 5.75 Å². The third-order valence-corrected chi connectivity index (χ3v) is 6.80. The van der Waals surface area contributed by atoms with Gasteiger partial charge in [-0.2, -0.15) is 0 Å². The second kappa shape index (κ2) is 17.2. The van der Waals surface area contributed by atoms with Gasteiger partial charge in [-0.3, -0.25) is 4.79 Å². The van der Waals surface area contributed by atoms with Gasteiger partial charge in [0.05, 0.1) is 20.6 Å². The van der Waals surface area contributed by atoms with E-state index in [-0.39, 0.29) is 12.1 Å². The molecule has 1 unspecified atom stereocenters. The molecule has 0 aliphatic rings. The molecule has 2 rings (SSSR count). The minimum atomic E-state index is -0.120. The van der Waals surface area contributed by atoms with Crippen molar-refractivity contribution in [1.29, 1.82) is 0 Å².